The third-order valence-electron chi connectivity index (χ3n) is 2.80. The minimum absolute atomic E-state index is 0.00264. The number of benzene rings is 2. The summed E-state index contributed by atoms with van der Waals surface area (Å²) < 4.78 is 32.3. The number of hydrogen-bond acceptors (Lipinski definition) is 4. The van der Waals surface area contributed by atoms with E-state index < -0.39 is 10.0 Å². The zero-order chi connectivity index (χ0) is 15.5. The van der Waals surface area contributed by atoms with E-state index in [9.17, 15) is 8.42 Å². The van der Waals surface area contributed by atoms with E-state index in [4.69, 9.17) is 21.4 Å². The van der Waals surface area contributed by atoms with Crippen LogP contribution in [0.25, 0.3) is 0 Å². The van der Waals surface area contributed by atoms with Crippen LogP contribution < -0.4 is 9.46 Å². The van der Waals surface area contributed by atoms with Gasteiger partial charge in [0.1, 0.15) is 10.6 Å². The number of ether oxygens (including phenoxy) is 1. The first-order valence-corrected chi connectivity index (χ1v) is 7.88. The highest BCUT2D eigenvalue weighted by Gasteiger charge is 2.19. The van der Waals surface area contributed by atoms with Crippen LogP contribution in [0.4, 0.5) is 5.69 Å². The van der Waals surface area contributed by atoms with Crippen molar-refractivity contribution in [3.05, 3.63) is 53.1 Å². The molecule has 5 nitrogen and oxygen atoms in total. The lowest BCUT2D eigenvalue weighted by Gasteiger charge is -2.12. The van der Waals surface area contributed by atoms with E-state index >= 15 is 0 Å². The maximum atomic E-state index is 12.4. The van der Waals surface area contributed by atoms with Gasteiger partial charge in [-0.25, -0.2) is 8.42 Å². The Hall–Kier alpha value is -1.76. The van der Waals surface area contributed by atoms with Gasteiger partial charge < -0.3 is 9.84 Å². The first kappa shape index (κ1) is 15.6. The molecule has 2 rings (SSSR count). The normalized spacial score (nSPS) is 11.2. The van der Waals surface area contributed by atoms with Gasteiger partial charge in [-0.15, -0.1) is 0 Å². The topological polar surface area (TPSA) is 75.6 Å². The summed E-state index contributed by atoms with van der Waals surface area (Å²) in [7, 11) is -2.42. The van der Waals surface area contributed by atoms with Gasteiger partial charge >= 0.3 is 0 Å². The van der Waals surface area contributed by atoms with E-state index in [1.165, 1.54) is 25.3 Å². The quantitative estimate of drug-likeness (QED) is 0.885. The predicted molar refractivity (Wildman–Crippen MR) is 81.2 cm³/mol. The molecule has 2 aromatic rings. The molecule has 0 saturated carbocycles. The second kappa shape index (κ2) is 6.34. The summed E-state index contributed by atoms with van der Waals surface area (Å²) >= 11 is 5.76. The highest BCUT2D eigenvalue weighted by Crippen LogP contribution is 2.27. The average molecular weight is 328 g/mol. The van der Waals surface area contributed by atoms with Gasteiger partial charge in [0.15, 0.2) is 0 Å². The SMILES string of the molecule is COc1cc(CO)ccc1S(=O)(=O)Nc1ccc(Cl)cc1. The van der Waals surface area contributed by atoms with E-state index in [1.807, 2.05) is 0 Å². The van der Waals surface area contributed by atoms with Gasteiger partial charge in [-0.1, -0.05) is 17.7 Å². The van der Waals surface area contributed by atoms with E-state index in [0.29, 0.717) is 16.3 Å². The summed E-state index contributed by atoms with van der Waals surface area (Å²) in [6.07, 6.45) is 0. The van der Waals surface area contributed by atoms with Crippen LogP contribution in [0.3, 0.4) is 0 Å². The van der Waals surface area contributed by atoms with Crippen LogP contribution in [0.2, 0.25) is 5.02 Å². The smallest absolute Gasteiger partial charge is 0.265 e. The van der Waals surface area contributed by atoms with E-state index in [-0.39, 0.29) is 17.3 Å². The van der Waals surface area contributed by atoms with Gasteiger partial charge in [-0.05, 0) is 42.0 Å². The Kier molecular flexibility index (Phi) is 4.72. The molecule has 0 aliphatic carbocycles. The molecule has 7 heteroatoms. The number of halogens is 1. The Morgan fingerprint density at radius 1 is 1.19 bits per heavy atom. The van der Waals surface area contributed by atoms with Crippen molar-refractivity contribution in [3.8, 4) is 5.75 Å². The Morgan fingerprint density at radius 3 is 2.43 bits per heavy atom. The van der Waals surface area contributed by atoms with Gasteiger partial charge in [0.2, 0.25) is 0 Å². The van der Waals surface area contributed by atoms with Crippen molar-refractivity contribution in [2.45, 2.75) is 11.5 Å². The number of aliphatic hydroxyl groups excluding tert-OH is 1. The summed E-state index contributed by atoms with van der Waals surface area (Å²) in [6, 6.07) is 10.7. The van der Waals surface area contributed by atoms with Crippen LogP contribution in [0, 0.1) is 0 Å². The van der Waals surface area contributed by atoms with Crippen molar-refractivity contribution in [1.29, 1.82) is 0 Å². The molecule has 21 heavy (non-hydrogen) atoms. The molecule has 0 atom stereocenters. The first-order valence-electron chi connectivity index (χ1n) is 6.02. The van der Waals surface area contributed by atoms with Gasteiger partial charge in [-0.2, -0.15) is 0 Å². The Labute approximate surface area is 128 Å². The third kappa shape index (κ3) is 3.66. The number of sulfonamides is 1. The Bertz CT molecular complexity index is 729. The monoisotopic (exact) mass is 327 g/mol. The molecule has 0 aliphatic heterocycles. The minimum Gasteiger partial charge on any atom is -0.495 e. The Morgan fingerprint density at radius 2 is 1.86 bits per heavy atom. The van der Waals surface area contributed by atoms with Gasteiger partial charge in [0, 0.05) is 10.7 Å². The van der Waals surface area contributed by atoms with Crippen LogP contribution in [0.5, 0.6) is 5.75 Å². The lowest BCUT2D eigenvalue weighted by Crippen LogP contribution is -2.14. The molecule has 0 aromatic heterocycles. The molecule has 0 unspecified atom stereocenters. The molecule has 2 aromatic carbocycles. The van der Waals surface area contributed by atoms with E-state index in [0.717, 1.165) is 0 Å². The van der Waals surface area contributed by atoms with Gasteiger partial charge in [-0.3, -0.25) is 4.72 Å². The highest BCUT2D eigenvalue weighted by atomic mass is 35.5. The second-order valence-electron chi connectivity index (χ2n) is 4.26. The number of rotatable bonds is 5. The molecule has 0 amide bonds. The number of aliphatic hydroxyl groups is 1. The zero-order valence-electron chi connectivity index (χ0n) is 11.2. The maximum absolute atomic E-state index is 12.4. The number of anilines is 1. The fourth-order valence-corrected chi connectivity index (χ4v) is 3.10. The summed E-state index contributed by atoms with van der Waals surface area (Å²) in [5, 5.41) is 9.60. The zero-order valence-corrected chi connectivity index (χ0v) is 12.8. The summed E-state index contributed by atoms with van der Waals surface area (Å²) in [5.74, 6) is 0.169. The van der Waals surface area contributed by atoms with Crippen molar-refractivity contribution < 1.29 is 18.3 Å². The second-order valence-corrected chi connectivity index (χ2v) is 6.34. The molecule has 0 saturated heterocycles. The molecule has 112 valence electrons. The van der Waals surface area contributed by atoms with Gasteiger partial charge in [0.25, 0.3) is 10.0 Å². The summed E-state index contributed by atoms with van der Waals surface area (Å²) in [6.45, 7) is -0.193. The fraction of sp³-hybridized carbons (Fsp3) is 0.143. The van der Waals surface area contributed by atoms with Crippen LogP contribution in [0.1, 0.15) is 5.56 Å². The van der Waals surface area contributed by atoms with Crippen LogP contribution >= 0.6 is 11.6 Å². The van der Waals surface area contributed by atoms with Crippen molar-refractivity contribution in [1.82, 2.24) is 0 Å². The van der Waals surface area contributed by atoms with Crippen LogP contribution in [-0.2, 0) is 16.6 Å². The van der Waals surface area contributed by atoms with Crippen molar-refractivity contribution in [3.63, 3.8) is 0 Å². The van der Waals surface area contributed by atoms with Gasteiger partial charge in [0.05, 0.1) is 13.7 Å². The lowest BCUT2D eigenvalue weighted by atomic mass is 10.2. The molecule has 0 aliphatic rings. The maximum Gasteiger partial charge on any atom is 0.265 e. The lowest BCUT2D eigenvalue weighted by molar-refractivity contribution is 0.280. The Balaban J connectivity index is 2.37. The molecule has 0 heterocycles. The van der Waals surface area contributed by atoms with E-state index in [2.05, 4.69) is 4.72 Å². The van der Waals surface area contributed by atoms with Crippen molar-refractivity contribution in [2.24, 2.45) is 0 Å². The molecule has 2 N–H and O–H groups in total. The average Bonchev–Trinajstić information content (AvgIpc) is 2.48. The first-order chi connectivity index (χ1) is 9.96. The summed E-state index contributed by atoms with van der Waals surface area (Å²) in [4.78, 5) is -0.00264. The minimum atomic E-state index is -3.79. The number of hydrogen-bond donors (Lipinski definition) is 2. The largest absolute Gasteiger partial charge is 0.495 e. The molecular formula is C14H14ClNO4S. The highest BCUT2D eigenvalue weighted by molar-refractivity contribution is 7.92. The number of methoxy groups -OCH3 is 1. The molecule has 0 fully saturated rings. The van der Waals surface area contributed by atoms with Crippen molar-refractivity contribution >= 4 is 27.3 Å². The van der Waals surface area contributed by atoms with Crippen molar-refractivity contribution in [2.75, 3.05) is 11.8 Å². The molecule has 0 spiro atoms. The third-order valence-corrected chi connectivity index (χ3v) is 4.47. The molecule has 0 bridgehead atoms. The number of nitrogens with one attached hydrogen (secondary N) is 1. The predicted octanol–water partition coefficient (Wildman–Crippen LogP) is 2.64. The standard InChI is InChI=1S/C14H14ClNO4S/c1-20-13-8-10(9-17)2-7-14(13)21(18,19)16-12-5-3-11(15)4-6-12/h2-8,16-17H,9H2,1H3. The summed E-state index contributed by atoms with van der Waals surface area (Å²) in [5.41, 5.74) is 0.963. The van der Waals surface area contributed by atoms with E-state index in [1.54, 1.807) is 24.3 Å². The van der Waals surface area contributed by atoms with Crippen LogP contribution in [-0.4, -0.2) is 20.6 Å². The molecule has 0 radical (unpaired) electrons. The fourth-order valence-electron chi connectivity index (χ4n) is 1.76. The van der Waals surface area contributed by atoms with Crippen LogP contribution in [0.15, 0.2) is 47.4 Å². The molecular weight excluding hydrogens is 314 g/mol.